The summed E-state index contributed by atoms with van der Waals surface area (Å²) in [5.74, 6) is 0. The fourth-order valence-electron chi connectivity index (χ4n) is 1.13. The molecule has 0 aromatic carbocycles. The molecule has 76 valence electrons. The van der Waals surface area contributed by atoms with Gasteiger partial charge in [0.05, 0.1) is 6.61 Å². The van der Waals surface area contributed by atoms with Crippen LogP contribution in [0.2, 0.25) is 0 Å². The van der Waals surface area contributed by atoms with Gasteiger partial charge in [0, 0.05) is 0 Å². The Morgan fingerprint density at radius 1 is 1.69 bits per heavy atom. The van der Waals surface area contributed by atoms with Gasteiger partial charge in [-0.2, -0.15) is 0 Å². The standard InChI is InChI=1S/C6H11FN2O4/c7-3-4(11)2(1-10)13-5(3)9-6(8)12/h2-5,10-11H,1H2,(H3,8,9,12)/t2-,3+,4?,5-/m1/s1. The number of rotatable bonds is 2. The first-order valence-electron chi connectivity index (χ1n) is 3.70. The Hall–Kier alpha value is -0.920. The highest BCUT2D eigenvalue weighted by Gasteiger charge is 2.44. The average molecular weight is 194 g/mol. The van der Waals surface area contributed by atoms with Crippen molar-refractivity contribution in [1.29, 1.82) is 0 Å². The Morgan fingerprint density at radius 3 is 2.69 bits per heavy atom. The summed E-state index contributed by atoms with van der Waals surface area (Å²) in [6.45, 7) is -0.515. The SMILES string of the molecule is NC(=O)N[C@@H]1O[C@H](CO)C(O)[C@@H]1F. The summed E-state index contributed by atoms with van der Waals surface area (Å²) in [4.78, 5) is 10.3. The summed E-state index contributed by atoms with van der Waals surface area (Å²) in [5, 5.41) is 19.7. The van der Waals surface area contributed by atoms with Crippen LogP contribution in [0.25, 0.3) is 0 Å². The maximum Gasteiger partial charge on any atom is 0.314 e. The van der Waals surface area contributed by atoms with Crippen LogP contribution >= 0.6 is 0 Å². The van der Waals surface area contributed by atoms with E-state index in [1.165, 1.54) is 0 Å². The van der Waals surface area contributed by atoms with E-state index in [2.05, 4.69) is 0 Å². The number of carbonyl (C=O) groups excluding carboxylic acids is 1. The van der Waals surface area contributed by atoms with Crippen LogP contribution in [0.15, 0.2) is 0 Å². The summed E-state index contributed by atoms with van der Waals surface area (Å²) >= 11 is 0. The average Bonchev–Trinajstić information content (AvgIpc) is 2.32. The van der Waals surface area contributed by atoms with Gasteiger partial charge in [-0.3, -0.25) is 0 Å². The monoisotopic (exact) mass is 194 g/mol. The van der Waals surface area contributed by atoms with Crippen molar-refractivity contribution in [1.82, 2.24) is 5.32 Å². The highest BCUT2D eigenvalue weighted by molar-refractivity contribution is 5.71. The molecule has 13 heavy (non-hydrogen) atoms. The first kappa shape index (κ1) is 10.2. The Kier molecular flexibility index (Phi) is 3.02. The van der Waals surface area contributed by atoms with Gasteiger partial charge in [0.15, 0.2) is 12.4 Å². The quantitative estimate of drug-likeness (QED) is 0.411. The van der Waals surface area contributed by atoms with Crippen molar-refractivity contribution in [2.24, 2.45) is 5.73 Å². The molecular formula is C6H11FN2O4. The third-order valence-electron chi connectivity index (χ3n) is 1.78. The van der Waals surface area contributed by atoms with E-state index in [1.807, 2.05) is 5.32 Å². The molecule has 0 aromatic heterocycles. The Morgan fingerprint density at radius 2 is 2.31 bits per heavy atom. The van der Waals surface area contributed by atoms with Gasteiger partial charge in [0.25, 0.3) is 0 Å². The van der Waals surface area contributed by atoms with Gasteiger partial charge in [-0.15, -0.1) is 0 Å². The number of hydrogen-bond acceptors (Lipinski definition) is 4. The number of hydrogen-bond donors (Lipinski definition) is 4. The molecule has 7 heteroatoms. The molecule has 5 N–H and O–H groups in total. The lowest BCUT2D eigenvalue weighted by Gasteiger charge is -2.12. The molecule has 0 saturated carbocycles. The number of aliphatic hydroxyl groups is 2. The van der Waals surface area contributed by atoms with Crippen LogP contribution in [-0.2, 0) is 4.74 Å². The Labute approximate surface area is 73.5 Å². The molecule has 0 spiro atoms. The van der Waals surface area contributed by atoms with Gasteiger partial charge in [0.1, 0.15) is 12.2 Å². The fraction of sp³-hybridized carbons (Fsp3) is 0.833. The van der Waals surface area contributed by atoms with Crippen molar-refractivity contribution >= 4 is 6.03 Å². The molecule has 2 amide bonds. The predicted octanol–water partition coefficient (Wildman–Crippen LogP) is -1.93. The lowest BCUT2D eigenvalue weighted by molar-refractivity contribution is -0.0273. The maximum atomic E-state index is 13.0. The number of alkyl halides is 1. The Bertz CT molecular complexity index is 203. The zero-order valence-corrected chi connectivity index (χ0v) is 6.68. The number of nitrogens with one attached hydrogen (secondary N) is 1. The molecule has 1 rings (SSSR count). The van der Waals surface area contributed by atoms with E-state index in [4.69, 9.17) is 20.7 Å². The number of amides is 2. The molecule has 0 aromatic rings. The van der Waals surface area contributed by atoms with Crippen LogP contribution in [0.4, 0.5) is 9.18 Å². The smallest absolute Gasteiger partial charge is 0.314 e. The van der Waals surface area contributed by atoms with Crippen LogP contribution in [0, 0.1) is 0 Å². The third kappa shape index (κ3) is 2.06. The molecule has 1 unspecified atom stereocenters. The molecule has 6 nitrogen and oxygen atoms in total. The van der Waals surface area contributed by atoms with Gasteiger partial charge < -0.3 is 26.0 Å². The minimum atomic E-state index is -1.77. The highest BCUT2D eigenvalue weighted by atomic mass is 19.1. The normalized spacial score (nSPS) is 39.0. The van der Waals surface area contributed by atoms with E-state index in [9.17, 15) is 9.18 Å². The van der Waals surface area contributed by atoms with Crippen molar-refractivity contribution in [3.05, 3.63) is 0 Å². The fourth-order valence-corrected chi connectivity index (χ4v) is 1.13. The second-order valence-corrected chi connectivity index (χ2v) is 2.72. The molecular weight excluding hydrogens is 183 g/mol. The molecule has 1 fully saturated rings. The summed E-state index contributed by atoms with van der Waals surface area (Å²) in [7, 11) is 0. The lowest BCUT2D eigenvalue weighted by Crippen LogP contribution is -2.44. The van der Waals surface area contributed by atoms with Gasteiger partial charge in [0.2, 0.25) is 0 Å². The minimum absolute atomic E-state index is 0.515. The van der Waals surface area contributed by atoms with Gasteiger partial charge in [-0.1, -0.05) is 0 Å². The topological polar surface area (TPSA) is 105 Å². The van der Waals surface area contributed by atoms with Crippen molar-refractivity contribution < 1.29 is 24.1 Å². The van der Waals surface area contributed by atoms with Crippen LogP contribution in [0.1, 0.15) is 0 Å². The molecule has 1 aliphatic rings. The summed E-state index contributed by atoms with van der Waals surface area (Å²) in [6, 6.07) is -0.946. The summed E-state index contributed by atoms with van der Waals surface area (Å²) < 4.78 is 17.8. The third-order valence-corrected chi connectivity index (χ3v) is 1.78. The first-order valence-corrected chi connectivity index (χ1v) is 3.70. The number of primary amides is 1. The van der Waals surface area contributed by atoms with Crippen molar-refractivity contribution in [3.63, 3.8) is 0 Å². The van der Waals surface area contributed by atoms with E-state index >= 15 is 0 Å². The molecule has 1 aliphatic heterocycles. The van der Waals surface area contributed by atoms with E-state index in [1.54, 1.807) is 0 Å². The number of nitrogens with two attached hydrogens (primary N) is 1. The molecule has 4 atom stereocenters. The van der Waals surface area contributed by atoms with Gasteiger partial charge >= 0.3 is 6.03 Å². The first-order chi connectivity index (χ1) is 6.06. The van der Waals surface area contributed by atoms with Crippen LogP contribution in [0.5, 0.6) is 0 Å². The summed E-state index contributed by atoms with van der Waals surface area (Å²) in [5.41, 5.74) is 4.73. The van der Waals surface area contributed by atoms with Crippen LogP contribution in [0.3, 0.4) is 0 Å². The maximum absolute atomic E-state index is 13.0. The molecule has 0 aliphatic carbocycles. The molecule has 0 bridgehead atoms. The highest BCUT2D eigenvalue weighted by Crippen LogP contribution is 2.21. The van der Waals surface area contributed by atoms with Crippen LogP contribution < -0.4 is 11.1 Å². The van der Waals surface area contributed by atoms with E-state index in [0.29, 0.717) is 0 Å². The zero-order valence-electron chi connectivity index (χ0n) is 6.68. The second kappa shape index (κ2) is 3.86. The van der Waals surface area contributed by atoms with Crippen molar-refractivity contribution in [2.45, 2.75) is 24.6 Å². The number of aliphatic hydroxyl groups excluding tert-OH is 2. The number of halogens is 1. The van der Waals surface area contributed by atoms with Gasteiger partial charge in [-0.05, 0) is 0 Å². The number of carbonyl (C=O) groups is 1. The second-order valence-electron chi connectivity index (χ2n) is 2.72. The minimum Gasteiger partial charge on any atom is -0.394 e. The zero-order chi connectivity index (χ0) is 10.0. The molecule has 0 radical (unpaired) electrons. The van der Waals surface area contributed by atoms with Crippen molar-refractivity contribution in [2.75, 3.05) is 6.61 Å². The molecule has 1 saturated heterocycles. The number of ether oxygens (including phenoxy) is 1. The predicted molar refractivity (Wildman–Crippen MR) is 39.4 cm³/mol. The summed E-state index contributed by atoms with van der Waals surface area (Å²) in [6.07, 6.45) is -5.53. The lowest BCUT2D eigenvalue weighted by atomic mass is 10.1. The largest absolute Gasteiger partial charge is 0.394 e. The molecule has 1 heterocycles. The van der Waals surface area contributed by atoms with Crippen LogP contribution in [-0.4, -0.2) is 47.5 Å². The van der Waals surface area contributed by atoms with Crippen molar-refractivity contribution in [3.8, 4) is 0 Å². The van der Waals surface area contributed by atoms with E-state index < -0.39 is 37.2 Å². The van der Waals surface area contributed by atoms with E-state index in [-0.39, 0.29) is 0 Å². The number of urea groups is 1. The Balaban J connectivity index is 2.55. The van der Waals surface area contributed by atoms with Gasteiger partial charge in [-0.25, -0.2) is 9.18 Å². The van der Waals surface area contributed by atoms with E-state index in [0.717, 1.165) is 0 Å².